The van der Waals surface area contributed by atoms with Crippen LogP contribution in [-0.2, 0) is 4.79 Å². The minimum absolute atomic E-state index is 0.167. The minimum atomic E-state index is -0.194. The Labute approximate surface area is 181 Å². The van der Waals surface area contributed by atoms with Gasteiger partial charge in [-0.2, -0.15) is 0 Å². The highest BCUT2D eigenvalue weighted by Crippen LogP contribution is 2.33. The molecule has 1 aromatic heterocycles. The van der Waals surface area contributed by atoms with Crippen LogP contribution in [0.3, 0.4) is 0 Å². The number of carbonyl (C=O) groups excluding carboxylic acids is 2. The van der Waals surface area contributed by atoms with Crippen molar-refractivity contribution < 1.29 is 9.59 Å². The SMILES string of the molecule is O=C(CCNC(=O)c1ccc2ccccc2c1)Nc1ccccc1Sc1nncs1. The third kappa shape index (κ3) is 5.03. The van der Waals surface area contributed by atoms with Crippen LogP contribution in [0.25, 0.3) is 10.8 Å². The van der Waals surface area contributed by atoms with E-state index in [2.05, 4.69) is 20.8 Å². The van der Waals surface area contributed by atoms with Gasteiger partial charge in [0.25, 0.3) is 5.91 Å². The number of rotatable bonds is 7. The number of fused-ring (bicyclic) bond motifs is 1. The molecule has 0 spiro atoms. The third-order valence-corrected chi connectivity index (χ3v) is 6.20. The number of aromatic nitrogens is 2. The number of nitrogens with one attached hydrogen (secondary N) is 2. The van der Waals surface area contributed by atoms with Crippen LogP contribution in [0.1, 0.15) is 16.8 Å². The molecule has 0 atom stereocenters. The van der Waals surface area contributed by atoms with Gasteiger partial charge in [0.15, 0.2) is 4.34 Å². The van der Waals surface area contributed by atoms with E-state index in [0.29, 0.717) is 11.3 Å². The second kappa shape index (κ2) is 9.51. The zero-order valence-electron chi connectivity index (χ0n) is 15.9. The molecule has 8 heteroatoms. The largest absolute Gasteiger partial charge is 0.352 e. The standard InChI is InChI=1S/C22H18N4O2S2/c27-20(25-18-7-3-4-8-19(18)30-22-26-24-14-29-22)11-12-23-21(28)17-10-9-15-5-1-2-6-16(15)13-17/h1-10,13-14H,11-12H2,(H,23,28)(H,25,27). The number of amides is 2. The Morgan fingerprint density at radius 2 is 1.77 bits per heavy atom. The molecule has 2 amide bonds. The fraction of sp³-hybridized carbons (Fsp3) is 0.0909. The van der Waals surface area contributed by atoms with Crippen LogP contribution in [0.5, 0.6) is 0 Å². The van der Waals surface area contributed by atoms with E-state index in [1.807, 2.05) is 60.7 Å². The lowest BCUT2D eigenvalue weighted by Crippen LogP contribution is -2.27. The normalized spacial score (nSPS) is 10.7. The van der Waals surface area contributed by atoms with E-state index in [0.717, 1.165) is 20.0 Å². The van der Waals surface area contributed by atoms with E-state index in [-0.39, 0.29) is 24.8 Å². The third-order valence-electron chi connectivity index (χ3n) is 4.35. The van der Waals surface area contributed by atoms with Gasteiger partial charge in [-0.3, -0.25) is 9.59 Å². The van der Waals surface area contributed by atoms with E-state index in [1.165, 1.54) is 23.1 Å². The van der Waals surface area contributed by atoms with Gasteiger partial charge in [0, 0.05) is 23.4 Å². The Hall–Kier alpha value is -3.23. The lowest BCUT2D eigenvalue weighted by Gasteiger charge is -2.10. The Morgan fingerprint density at radius 3 is 2.60 bits per heavy atom. The summed E-state index contributed by atoms with van der Waals surface area (Å²) in [5.74, 6) is -0.361. The van der Waals surface area contributed by atoms with Crippen LogP contribution in [0, 0.1) is 0 Å². The smallest absolute Gasteiger partial charge is 0.251 e. The molecular formula is C22H18N4O2S2. The molecule has 0 fully saturated rings. The molecular weight excluding hydrogens is 416 g/mol. The highest BCUT2D eigenvalue weighted by atomic mass is 32.2. The molecule has 0 radical (unpaired) electrons. The van der Waals surface area contributed by atoms with Crippen molar-refractivity contribution in [2.75, 3.05) is 11.9 Å². The second-order valence-corrected chi connectivity index (χ2v) is 8.54. The van der Waals surface area contributed by atoms with Gasteiger partial charge in [-0.25, -0.2) is 0 Å². The molecule has 30 heavy (non-hydrogen) atoms. The molecule has 0 saturated heterocycles. The summed E-state index contributed by atoms with van der Waals surface area (Å²) in [7, 11) is 0. The molecule has 150 valence electrons. The molecule has 0 unspecified atom stereocenters. The zero-order chi connectivity index (χ0) is 20.8. The van der Waals surface area contributed by atoms with Gasteiger partial charge in [0.05, 0.1) is 5.69 Å². The van der Waals surface area contributed by atoms with Crippen LogP contribution in [0.4, 0.5) is 5.69 Å². The van der Waals surface area contributed by atoms with E-state index >= 15 is 0 Å². The first kappa shape index (κ1) is 20.1. The first-order valence-corrected chi connectivity index (χ1v) is 11.0. The van der Waals surface area contributed by atoms with E-state index in [1.54, 1.807) is 11.6 Å². The van der Waals surface area contributed by atoms with Crippen LogP contribution in [-0.4, -0.2) is 28.6 Å². The van der Waals surface area contributed by atoms with Gasteiger partial charge in [-0.15, -0.1) is 10.2 Å². The van der Waals surface area contributed by atoms with Crippen molar-refractivity contribution in [2.24, 2.45) is 0 Å². The molecule has 3 aromatic carbocycles. The van der Waals surface area contributed by atoms with Gasteiger partial charge in [-0.05, 0) is 35.0 Å². The lowest BCUT2D eigenvalue weighted by molar-refractivity contribution is -0.116. The number of hydrogen-bond acceptors (Lipinski definition) is 6. The number of hydrogen-bond donors (Lipinski definition) is 2. The minimum Gasteiger partial charge on any atom is -0.352 e. The number of para-hydroxylation sites is 1. The van der Waals surface area contributed by atoms with Gasteiger partial charge >= 0.3 is 0 Å². The summed E-state index contributed by atoms with van der Waals surface area (Å²) in [4.78, 5) is 25.7. The highest BCUT2D eigenvalue weighted by molar-refractivity contribution is 8.01. The van der Waals surface area contributed by atoms with Crippen molar-refractivity contribution >= 4 is 51.4 Å². The average Bonchev–Trinajstić information content (AvgIpc) is 3.28. The molecule has 2 N–H and O–H groups in total. The van der Waals surface area contributed by atoms with Crippen molar-refractivity contribution in [3.8, 4) is 0 Å². The predicted octanol–water partition coefficient (Wildman–Crippen LogP) is 4.60. The van der Waals surface area contributed by atoms with E-state index < -0.39 is 0 Å². The van der Waals surface area contributed by atoms with E-state index in [9.17, 15) is 9.59 Å². The number of nitrogens with zero attached hydrogens (tertiary/aromatic N) is 2. The first-order chi connectivity index (χ1) is 14.7. The fourth-order valence-corrected chi connectivity index (χ4v) is 4.42. The zero-order valence-corrected chi connectivity index (χ0v) is 17.5. The van der Waals surface area contributed by atoms with Crippen LogP contribution in [0.15, 0.2) is 81.5 Å². The van der Waals surface area contributed by atoms with Crippen molar-refractivity contribution in [3.63, 3.8) is 0 Å². The first-order valence-electron chi connectivity index (χ1n) is 9.29. The van der Waals surface area contributed by atoms with E-state index in [4.69, 9.17) is 0 Å². The average molecular weight is 435 g/mol. The molecule has 0 aliphatic heterocycles. The quantitative estimate of drug-likeness (QED) is 0.444. The molecule has 0 aliphatic rings. The summed E-state index contributed by atoms with van der Waals surface area (Å²) in [5.41, 5.74) is 2.96. The van der Waals surface area contributed by atoms with Gasteiger partial charge in [0.2, 0.25) is 5.91 Å². The molecule has 0 bridgehead atoms. The van der Waals surface area contributed by atoms with Crippen LogP contribution < -0.4 is 10.6 Å². The van der Waals surface area contributed by atoms with Crippen LogP contribution in [0.2, 0.25) is 0 Å². The van der Waals surface area contributed by atoms with Gasteiger partial charge in [0.1, 0.15) is 5.51 Å². The number of anilines is 1. The Morgan fingerprint density at radius 1 is 0.967 bits per heavy atom. The number of carbonyl (C=O) groups is 2. The topological polar surface area (TPSA) is 84.0 Å². The summed E-state index contributed by atoms with van der Waals surface area (Å²) in [6.45, 7) is 0.253. The van der Waals surface area contributed by atoms with Gasteiger partial charge < -0.3 is 10.6 Å². The summed E-state index contributed by atoms with van der Waals surface area (Å²) in [6.07, 6.45) is 0.178. The molecule has 4 rings (SSSR count). The summed E-state index contributed by atoms with van der Waals surface area (Å²) >= 11 is 2.89. The van der Waals surface area contributed by atoms with Crippen molar-refractivity contribution in [1.82, 2.24) is 15.5 Å². The second-order valence-electron chi connectivity index (χ2n) is 6.42. The molecule has 6 nitrogen and oxygen atoms in total. The fourth-order valence-electron chi connectivity index (χ4n) is 2.90. The maximum absolute atomic E-state index is 12.4. The van der Waals surface area contributed by atoms with Gasteiger partial charge in [-0.1, -0.05) is 65.6 Å². The van der Waals surface area contributed by atoms with Crippen molar-refractivity contribution in [2.45, 2.75) is 15.7 Å². The maximum Gasteiger partial charge on any atom is 0.251 e. The Kier molecular flexibility index (Phi) is 6.36. The summed E-state index contributed by atoms with van der Waals surface area (Å²) < 4.78 is 0.805. The van der Waals surface area contributed by atoms with Crippen molar-refractivity contribution in [1.29, 1.82) is 0 Å². The summed E-state index contributed by atoms with van der Waals surface area (Å²) in [6, 6.07) is 21.0. The molecule has 0 saturated carbocycles. The van der Waals surface area contributed by atoms with Crippen molar-refractivity contribution in [3.05, 3.63) is 77.8 Å². The monoisotopic (exact) mass is 434 g/mol. The summed E-state index contributed by atoms with van der Waals surface area (Å²) in [5, 5.41) is 15.7. The van der Waals surface area contributed by atoms with Crippen LogP contribution >= 0.6 is 23.1 Å². The number of benzene rings is 3. The lowest BCUT2D eigenvalue weighted by atomic mass is 10.1. The Balaban J connectivity index is 1.31. The maximum atomic E-state index is 12.4. The molecule has 4 aromatic rings. The Bertz CT molecular complexity index is 1180. The predicted molar refractivity (Wildman–Crippen MR) is 120 cm³/mol. The molecule has 1 heterocycles. The molecule has 0 aliphatic carbocycles. The highest BCUT2D eigenvalue weighted by Gasteiger charge is 2.11.